The van der Waals surface area contributed by atoms with Crippen LogP contribution in [0.25, 0.3) is 0 Å². The molecule has 0 saturated heterocycles. The van der Waals surface area contributed by atoms with Crippen LogP contribution in [0.3, 0.4) is 0 Å². The number of hydrogen-bond acceptors (Lipinski definition) is 4. The predicted octanol–water partition coefficient (Wildman–Crippen LogP) is 1.14. The van der Waals surface area contributed by atoms with Gasteiger partial charge in [0.2, 0.25) is 0 Å². The first-order chi connectivity index (χ1) is 7.13. The van der Waals surface area contributed by atoms with Gasteiger partial charge in [-0.3, -0.25) is 0 Å². The van der Waals surface area contributed by atoms with Gasteiger partial charge < -0.3 is 4.74 Å². The third-order valence-corrected chi connectivity index (χ3v) is 2.29. The summed E-state index contributed by atoms with van der Waals surface area (Å²) in [5.74, 6) is 1.30. The highest BCUT2D eigenvalue weighted by atomic mass is 16.5. The maximum absolute atomic E-state index is 11.4. The van der Waals surface area contributed by atoms with Gasteiger partial charge >= 0.3 is 5.97 Å². The number of carbonyl (C=O) groups excluding carboxylic acids is 1. The molecule has 1 aromatic heterocycles. The predicted molar refractivity (Wildman–Crippen MR) is 55.5 cm³/mol. The number of aromatic nitrogens is 3. The fraction of sp³-hybridized carbons (Fsp3) is 0.700. The van der Waals surface area contributed by atoms with Crippen molar-refractivity contribution in [3.05, 3.63) is 11.6 Å². The van der Waals surface area contributed by atoms with Crippen LogP contribution in [0.2, 0.25) is 0 Å². The standard InChI is InChI=1S/C10H17N3O2/c1-5-8-11-9(6-2)13(12-8)7(3)10(14)15-4/h7H,5-6H2,1-4H3/t7-/m0/s1. The van der Waals surface area contributed by atoms with Crippen molar-refractivity contribution in [1.29, 1.82) is 0 Å². The van der Waals surface area contributed by atoms with E-state index in [4.69, 9.17) is 0 Å². The quantitative estimate of drug-likeness (QED) is 0.701. The first-order valence-corrected chi connectivity index (χ1v) is 5.16. The van der Waals surface area contributed by atoms with Crippen LogP contribution in [0.5, 0.6) is 0 Å². The Balaban J connectivity index is 3.00. The molecule has 1 aromatic rings. The normalized spacial score (nSPS) is 12.5. The number of aryl methyl sites for hydroxylation is 2. The third-order valence-electron chi connectivity index (χ3n) is 2.29. The number of rotatable bonds is 4. The average Bonchev–Trinajstić information content (AvgIpc) is 2.69. The summed E-state index contributed by atoms with van der Waals surface area (Å²) in [5.41, 5.74) is 0. The molecule has 0 unspecified atom stereocenters. The van der Waals surface area contributed by atoms with E-state index in [-0.39, 0.29) is 5.97 Å². The summed E-state index contributed by atoms with van der Waals surface area (Å²) in [4.78, 5) is 15.7. The zero-order valence-electron chi connectivity index (χ0n) is 9.65. The molecule has 0 aliphatic carbocycles. The second-order valence-electron chi connectivity index (χ2n) is 3.30. The van der Waals surface area contributed by atoms with E-state index in [0.29, 0.717) is 0 Å². The Kier molecular flexibility index (Phi) is 3.82. The van der Waals surface area contributed by atoms with E-state index in [2.05, 4.69) is 14.8 Å². The summed E-state index contributed by atoms with van der Waals surface area (Å²) in [6.07, 6.45) is 1.53. The van der Waals surface area contributed by atoms with Crippen LogP contribution in [0.1, 0.15) is 38.5 Å². The van der Waals surface area contributed by atoms with E-state index < -0.39 is 6.04 Å². The molecule has 5 heteroatoms. The maximum Gasteiger partial charge on any atom is 0.330 e. The van der Waals surface area contributed by atoms with Gasteiger partial charge in [0, 0.05) is 12.8 Å². The first-order valence-electron chi connectivity index (χ1n) is 5.16. The van der Waals surface area contributed by atoms with Gasteiger partial charge in [0.15, 0.2) is 5.82 Å². The summed E-state index contributed by atoms with van der Waals surface area (Å²) in [6, 6.07) is -0.405. The molecule has 0 aromatic carbocycles. The number of hydrogen-bond donors (Lipinski definition) is 0. The molecule has 0 N–H and O–H groups in total. The molecule has 1 atom stereocenters. The highest BCUT2D eigenvalue weighted by Crippen LogP contribution is 2.11. The fourth-order valence-electron chi connectivity index (χ4n) is 1.38. The van der Waals surface area contributed by atoms with Crippen molar-refractivity contribution in [1.82, 2.24) is 14.8 Å². The van der Waals surface area contributed by atoms with Gasteiger partial charge in [-0.15, -0.1) is 0 Å². The lowest BCUT2D eigenvalue weighted by atomic mass is 10.3. The van der Waals surface area contributed by atoms with E-state index in [1.54, 1.807) is 11.6 Å². The number of methoxy groups -OCH3 is 1. The average molecular weight is 211 g/mol. The van der Waals surface area contributed by atoms with Gasteiger partial charge in [-0.2, -0.15) is 5.10 Å². The molecular formula is C10H17N3O2. The largest absolute Gasteiger partial charge is 0.467 e. The molecule has 1 rings (SSSR count). The zero-order chi connectivity index (χ0) is 11.4. The van der Waals surface area contributed by atoms with Crippen LogP contribution in [0.4, 0.5) is 0 Å². The minimum Gasteiger partial charge on any atom is -0.467 e. The third kappa shape index (κ3) is 2.34. The van der Waals surface area contributed by atoms with Crippen molar-refractivity contribution < 1.29 is 9.53 Å². The second-order valence-corrected chi connectivity index (χ2v) is 3.30. The van der Waals surface area contributed by atoms with Crippen LogP contribution in [-0.2, 0) is 22.4 Å². The molecule has 15 heavy (non-hydrogen) atoms. The Morgan fingerprint density at radius 3 is 2.60 bits per heavy atom. The molecule has 0 spiro atoms. The highest BCUT2D eigenvalue weighted by Gasteiger charge is 2.20. The van der Waals surface area contributed by atoms with E-state index >= 15 is 0 Å². The van der Waals surface area contributed by atoms with Crippen LogP contribution in [0, 0.1) is 0 Å². The molecule has 0 saturated carbocycles. The lowest BCUT2D eigenvalue weighted by Crippen LogP contribution is -2.20. The minimum atomic E-state index is -0.405. The van der Waals surface area contributed by atoms with Crippen molar-refractivity contribution >= 4 is 5.97 Å². The van der Waals surface area contributed by atoms with Gasteiger partial charge in [0.05, 0.1) is 7.11 Å². The Morgan fingerprint density at radius 1 is 1.47 bits per heavy atom. The summed E-state index contributed by atoms with van der Waals surface area (Å²) in [5, 5.41) is 4.27. The molecule has 0 bridgehead atoms. The van der Waals surface area contributed by atoms with E-state index in [0.717, 1.165) is 24.5 Å². The number of esters is 1. The van der Waals surface area contributed by atoms with Crippen LogP contribution >= 0.6 is 0 Å². The van der Waals surface area contributed by atoms with E-state index in [1.165, 1.54) is 7.11 Å². The Morgan fingerprint density at radius 2 is 2.13 bits per heavy atom. The van der Waals surface area contributed by atoms with Gasteiger partial charge in [-0.05, 0) is 6.92 Å². The number of ether oxygens (including phenoxy) is 1. The lowest BCUT2D eigenvalue weighted by molar-refractivity contribution is -0.144. The minimum absolute atomic E-state index is 0.294. The summed E-state index contributed by atoms with van der Waals surface area (Å²) in [7, 11) is 1.38. The monoisotopic (exact) mass is 211 g/mol. The van der Waals surface area contributed by atoms with Crippen molar-refractivity contribution in [2.24, 2.45) is 0 Å². The summed E-state index contributed by atoms with van der Waals surface area (Å²) < 4.78 is 6.32. The molecule has 0 fully saturated rings. The number of nitrogens with zero attached hydrogens (tertiary/aromatic N) is 3. The first kappa shape index (κ1) is 11.7. The molecule has 84 valence electrons. The summed E-state index contributed by atoms with van der Waals surface area (Å²) >= 11 is 0. The zero-order valence-corrected chi connectivity index (χ0v) is 9.65. The van der Waals surface area contributed by atoms with Crippen molar-refractivity contribution in [3.8, 4) is 0 Å². The molecule has 0 amide bonds. The Labute approximate surface area is 89.5 Å². The molecule has 1 heterocycles. The topological polar surface area (TPSA) is 57.0 Å². The fourth-order valence-corrected chi connectivity index (χ4v) is 1.38. The molecule has 0 radical (unpaired) electrons. The molecule has 0 aliphatic heterocycles. The smallest absolute Gasteiger partial charge is 0.330 e. The number of carbonyl (C=O) groups is 1. The van der Waals surface area contributed by atoms with E-state index in [1.807, 2.05) is 13.8 Å². The second kappa shape index (κ2) is 4.91. The van der Waals surface area contributed by atoms with Crippen LogP contribution in [-0.4, -0.2) is 27.8 Å². The Hall–Kier alpha value is -1.39. The maximum atomic E-state index is 11.4. The van der Waals surface area contributed by atoms with Gasteiger partial charge in [0.25, 0.3) is 0 Å². The molecule has 5 nitrogen and oxygen atoms in total. The van der Waals surface area contributed by atoms with Crippen LogP contribution < -0.4 is 0 Å². The highest BCUT2D eigenvalue weighted by molar-refractivity contribution is 5.73. The van der Waals surface area contributed by atoms with Gasteiger partial charge in [-0.25, -0.2) is 14.5 Å². The Bertz CT molecular complexity index is 346. The SMILES string of the molecule is CCc1nc(CC)n([C@@H](C)C(=O)OC)n1. The van der Waals surface area contributed by atoms with Crippen molar-refractivity contribution in [3.63, 3.8) is 0 Å². The summed E-state index contributed by atoms with van der Waals surface area (Å²) in [6.45, 7) is 5.74. The van der Waals surface area contributed by atoms with E-state index in [9.17, 15) is 4.79 Å². The molecular weight excluding hydrogens is 194 g/mol. The lowest BCUT2D eigenvalue weighted by Gasteiger charge is -2.10. The van der Waals surface area contributed by atoms with Gasteiger partial charge in [-0.1, -0.05) is 13.8 Å². The van der Waals surface area contributed by atoms with Crippen molar-refractivity contribution in [2.45, 2.75) is 39.7 Å². The van der Waals surface area contributed by atoms with Crippen molar-refractivity contribution in [2.75, 3.05) is 7.11 Å². The van der Waals surface area contributed by atoms with Gasteiger partial charge in [0.1, 0.15) is 11.9 Å². The van der Waals surface area contributed by atoms with Crippen LogP contribution in [0.15, 0.2) is 0 Å². The molecule has 0 aliphatic rings.